The third kappa shape index (κ3) is 4.98. The normalized spacial score (nSPS) is 10.6. The van der Waals surface area contributed by atoms with Gasteiger partial charge in [-0.2, -0.15) is 5.06 Å². The molecular weight excluding hydrogens is 397 g/mol. The SMILES string of the molecule is C=C(CCCN(OC(=O)c1c(F)c(F)c(F)c(F)c1F)C(C)=O)c1ccccc1. The quantitative estimate of drug-likeness (QED) is 0.296. The van der Waals surface area contributed by atoms with Gasteiger partial charge in [0.05, 0.1) is 6.54 Å². The van der Waals surface area contributed by atoms with Crippen molar-refractivity contribution >= 4 is 17.4 Å². The van der Waals surface area contributed by atoms with Gasteiger partial charge in [-0.3, -0.25) is 4.79 Å². The lowest BCUT2D eigenvalue weighted by Crippen LogP contribution is -2.33. The number of rotatable bonds is 6. The van der Waals surface area contributed by atoms with E-state index in [-0.39, 0.29) is 13.0 Å². The Kier molecular flexibility index (Phi) is 7.08. The van der Waals surface area contributed by atoms with Crippen molar-refractivity contribution in [2.24, 2.45) is 0 Å². The molecule has 4 nitrogen and oxygen atoms in total. The highest BCUT2D eigenvalue weighted by Crippen LogP contribution is 2.24. The summed E-state index contributed by atoms with van der Waals surface area (Å²) < 4.78 is 67.0. The van der Waals surface area contributed by atoms with Crippen molar-refractivity contribution in [2.75, 3.05) is 6.54 Å². The summed E-state index contributed by atoms with van der Waals surface area (Å²) in [7, 11) is 0. The summed E-state index contributed by atoms with van der Waals surface area (Å²) in [6, 6.07) is 9.11. The number of hydrogen-bond donors (Lipinski definition) is 0. The van der Waals surface area contributed by atoms with E-state index in [9.17, 15) is 31.5 Å². The van der Waals surface area contributed by atoms with Gasteiger partial charge in [-0.05, 0) is 24.0 Å². The molecule has 29 heavy (non-hydrogen) atoms. The van der Waals surface area contributed by atoms with E-state index in [0.29, 0.717) is 11.5 Å². The lowest BCUT2D eigenvalue weighted by molar-refractivity contribution is -0.165. The molecule has 0 N–H and O–H groups in total. The fraction of sp³-hybridized carbons (Fsp3) is 0.200. The molecule has 1 amide bonds. The Morgan fingerprint density at radius 2 is 1.45 bits per heavy atom. The first-order valence-electron chi connectivity index (χ1n) is 8.40. The number of halogens is 5. The van der Waals surface area contributed by atoms with E-state index in [1.54, 1.807) is 0 Å². The molecule has 0 radical (unpaired) electrons. The second kappa shape index (κ2) is 9.31. The number of carbonyl (C=O) groups excluding carboxylic acids is 2. The molecule has 2 aromatic rings. The van der Waals surface area contributed by atoms with E-state index in [4.69, 9.17) is 0 Å². The Labute approximate surface area is 163 Å². The van der Waals surface area contributed by atoms with Gasteiger partial charge in [-0.25, -0.2) is 26.7 Å². The average Bonchev–Trinajstić information content (AvgIpc) is 2.70. The fourth-order valence-electron chi connectivity index (χ4n) is 2.45. The van der Waals surface area contributed by atoms with Crippen LogP contribution in [0.1, 0.15) is 35.7 Å². The topological polar surface area (TPSA) is 46.6 Å². The van der Waals surface area contributed by atoms with Gasteiger partial charge in [0.2, 0.25) is 5.82 Å². The zero-order chi connectivity index (χ0) is 21.7. The molecule has 0 saturated carbocycles. The van der Waals surface area contributed by atoms with Crippen LogP contribution in [0.5, 0.6) is 0 Å². The van der Waals surface area contributed by atoms with Gasteiger partial charge < -0.3 is 4.84 Å². The minimum atomic E-state index is -2.40. The minimum absolute atomic E-state index is 0.178. The fourth-order valence-corrected chi connectivity index (χ4v) is 2.45. The standard InChI is InChI=1S/C20H16F5NO3/c1-11(13-8-4-3-5-9-13)7-6-10-26(12(2)27)29-20(28)14-15(21)17(23)19(25)18(24)16(14)22/h3-5,8-9H,1,6-7,10H2,2H3. The third-order valence-corrected chi connectivity index (χ3v) is 3.98. The van der Waals surface area contributed by atoms with Crippen LogP contribution in [0.25, 0.3) is 5.57 Å². The maximum absolute atomic E-state index is 13.7. The zero-order valence-corrected chi connectivity index (χ0v) is 15.3. The van der Waals surface area contributed by atoms with Gasteiger partial charge in [0.25, 0.3) is 5.91 Å². The molecule has 0 aliphatic carbocycles. The number of benzene rings is 2. The predicted molar refractivity (Wildman–Crippen MR) is 93.7 cm³/mol. The van der Waals surface area contributed by atoms with E-state index in [2.05, 4.69) is 11.4 Å². The summed E-state index contributed by atoms with van der Waals surface area (Å²) in [5.41, 5.74) is -0.179. The Morgan fingerprint density at radius 1 is 0.931 bits per heavy atom. The molecule has 2 rings (SSSR count). The number of nitrogens with zero attached hydrogens (tertiary/aromatic N) is 1. The number of hydroxylamine groups is 2. The molecule has 0 heterocycles. The number of amides is 1. The molecule has 0 bridgehead atoms. The molecule has 0 aromatic heterocycles. The molecule has 0 saturated heterocycles. The first kappa shape index (κ1) is 22.1. The number of allylic oxidation sites excluding steroid dienone is 1. The maximum atomic E-state index is 13.7. The highest BCUT2D eigenvalue weighted by atomic mass is 19.2. The van der Waals surface area contributed by atoms with Crippen molar-refractivity contribution in [3.63, 3.8) is 0 Å². The van der Waals surface area contributed by atoms with Crippen LogP contribution in [0.4, 0.5) is 22.0 Å². The Hall–Kier alpha value is -3.23. The van der Waals surface area contributed by atoms with Crippen LogP contribution in [0, 0.1) is 29.1 Å². The molecule has 0 fully saturated rings. The van der Waals surface area contributed by atoms with E-state index in [1.165, 1.54) is 0 Å². The molecule has 0 atom stereocenters. The molecule has 0 aliphatic heterocycles. The average molecular weight is 413 g/mol. The van der Waals surface area contributed by atoms with Gasteiger partial charge in [0, 0.05) is 6.92 Å². The van der Waals surface area contributed by atoms with Crippen LogP contribution >= 0.6 is 0 Å². The first-order valence-corrected chi connectivity index (χ1v) is 8.40. The van der Waals surface area contributed by atoms with Crippen molar-refractivity contribution in [1.82, 2.24) is 5.06 Å². The second-order valence-corrected chi connectivity index (χ2v) is 6.02. The van der Waals surface area contributed by atoms with Crippen LogP contribution < -0.4 is 0 Å². The summed E-state index contributed by atoms with van der Waals surface area (Å²) in [4.78, 5) is 28.2. The van der Waals surface area contributed by atoms with Crippen molar-refractivity contribution in [2.45, 2.75) is 19.8 Å². The summed E-state index contributed by atoms with van der Waals surface area (Å²) >= 11 is 0. The largest absolute Gasteiger partial charge is 0.369 e. The van der Waals surface area contributed by atoms with E-state index in [0.717, 1.165) is 18.1 Å². The molecule has 154 valence electrons. The minimum Gasteiger partial charge on any atom is -0.332 e. The lowest BCUT2D eigenvalue weighted by Gasteiger charge is -2.20. The Bertz CT molecular complexity index is 918. The molecular formula is C20H16F5NO3. The highest BCUT2D eigenvalue weighted by Gasteiger charge is 2.32. The second-order valence-electron chi connectivity index (χ2n) is 6.02. The summed E-state index contributed by atoms with van der Waals surface area (Å²) in [6.07, 6.45) is 0.658. The van der Waals surface area contributed by atoms with Crippen LogP contribution in [-0.2, 0) is 9.63 Å². The van der Waals surface area contributed by atoms with Crippen molar-refractivity contribution in [3.05, 3.63) is 77.1 Å². The maximum Gasteiger partial charge on any atom is 0.369 e. The number of hydrogen-bond acceptors (Lipinski definition) is 3. The molecule has 2 aromatic carbocycles. The Morgan fingerprint density at radius 3 is 1.97 bits per heavy atom. The first-order chi connectivity index (χ1) is 13.6. The van der Waals surface area contributed by atoms with Gasteiger partial charge in [0.15, 0.2) is 23.3 Å². The van der Waals surface area contributed by atoms with E-state index >= 15 is 0 Å². The van der Waals surface area contributed by atoms with E-state index < -0.39 is 46.5 Å². The monoisotopic (exact) mass is 413 g/mol. The molecule has 0 aliphatic rings. The lowest BCUT2D eigenvalue weighted by atomic mass is 10.0. The molecule has 0 spiro atoms. The van der Waals surface area contributed by atoms with Gasteiger partial charge in [-0.1, -0.05) is 36.9 Å². The highest BCUT2D eigenvalue weighted by molar-refractivity contribution is 5.91. The van der Waals surface area contributed by atoms with Gasteiger partial charge in [0.1, 0.15) is 5.56 Å². The van der Waals surface area contributed by atoms with Gasteiger partial charge >= 0.3 is 5.97 Å². The molecule has 9 heteroatoms. The van der Waals surface area contributed by atoms with E-state index in [1.807, 2.05) is 30.3 Å². The zero-order valence-electron chi connectivity index (χ0n) is 15.3. The van der Waals surface area contributed by atoms with Crippen LogP contribution in [0.3, 0.4) is 0 Å². The third-order valence-electron chi connectivity index (χ3n) is 3.98. The summed E-state index contributed by atoms with van der Waals surface area (Å²) in [5, 5.41) is 0.485. The predicted octanol–water partition coefficient (Wildman–Crippen LogP) is 4.80. The van der Waals surface area contributed by atoms with Crippen LogP contribution in [-0.4, -0.2) is 23.5 Å². The number of carbonyl (C=O) groups is 2. The summed E-state index contributed by atoms with van der Waals surface area (Å²) in [5.74, 6) is -14.3. The Balaban J connectivity index is 2.09. The van der Waals surface area contributed by atoms with Gasteiger partial charge in [-0.15, -0.1) is 0 Å². The van der Waals surface area contributed by atoms with Crippen LogP contribution in [0.15, 0.2) is 36.9 Å². The van der Waals surface area contributed by atoms with Crippen molar-refractivity contribution in [1.29, 1.82) is 0 Å². The van der Waals surface area contributed by atoms with Crippen LogP contribution in [0.2, 0.25) is 0 Å². The summed E-state index contributed by atoms with van der Waals surface area (Å²) in [6.45, 7) is 4.73. The molecule has 0 unspecified atom stereocenters. The van der Waals surface area contributed by atoms with Crippen molar-refractivity contribution < 1.29 is 36.4 Å². The van der Waals surface area contributed by atoms with Crippen molar-refractivity contribution in [3.8, 4) is 0 Å². The smallest absolute Gasteiger partial charge is 0.332 e.